The average molecular weight is 386 g/mol. The van der Waals surface area contributed by atoms with Gasteiger partial charge in [0.25, 0.3) is 5.91 Å². The molecule has 0 unspecified atom stereocenters. The first-order valence-corrected chi connectivity index (χ1v) is 10.0. The molecule has 1 amide bonds. The molecule has 0 bridgehead atoms. The molecule has 2 aromatic rings. The third-order valence-corrected chi connectivity index (χ3v) is 7.03. The van der Waals surface area contributed by atoms with E-state index < -0.39 is 10.0 Å². The van der Waals surface area contributed by atoms with Crippen LogP contribution < -0.4 is 0 Å². The van der Waals surface area contributed by atoms with Crippen LogP contribution in [0.3, 0.4) is 0 Å². The quantitative estimate of drug-likeness (QED) is 0.812. The minimum Gasteiger partial charge on any atom is -0.335 e. The van der Waals surface area contributed by atoms with E-state index in [1.54, 1.807) is 42.2 Å². The van der Waals surface area contributed by atoms with E-state index in [0.717, 1.165) is 11.3 Å². The Labute approximate surface area is 149 Å². The number of thiazole rings is 1. The first-order chi connectivity index (χ1) is 11.4. The molecule has 0 spiro atoms. The van der Waals surface area contributed by atoms with Gasteiger partial charge in [-0.3, -0.25) is 4.79 Å². The molecule has 1 aromatic heterocycles. The number of carbonyl (C=O) groups is 1. The summed E-state index contributed by atoms with van der Waals surface area (Å²) in [6.45, 7) is 2.98. The Balaban J connectivity index is 1.70. The first kappa shape index (κ1) is 17.3. The fourth-order valence-corrected chi connectivity index (χ4v) is 5.14. The number of sulfonamides is 1. The fourth-order valence-electron chi connectivity index (χ4n) is 2.58. The molecule has 128 valence electrons. The van der Waals surface area contributed by atoms with Gasteiger partial charge in [0.1, 0.15) is 4.88 Å². The number of aryl methyl sites for hydroxylation is 1. The number of hydrogen-bond donors (Lipinski definition) is 0. The van der Waals surface area contributed by atoms with Gasteiger partial charge in [0.05, 0.1) is 10.6 Å². The summed E-state index contributed by atoms with van der Waals surface area (Å²) in [4.78, 5) is 19.0. The third-order valence-electron chi connectivity index (χ3n) is 3.87. The largest absolute Gasteiger partial charge is 0.335 e. The summed E-state index contributed by atoms with van der Waals surface area (Å²) in [5.41, 5.74) is 0.606. The molecule has 2 heterocycles. The lowest BCUT2D eigenvalue weighted by Crippen LogP contribution is -2.50. The Morgan fingerprint density at radius 1 is 1.17 bits per heavy atom. The summed E-state index contributed by atoms with van der Waals surface area (Å²) in [5.74, 6) is -0.145. The van der Waals surface area contributed by atoms with Gasteiger partial charge in [-0.15, -0.1) is 0 Å². The zero-order chi connectivity index (χ0) is 17.3. The summed E-state index contributed by atoms with van der Waals surface area (Å²) in [6.07, 6.45) is 0. The number of aromatic nitrogens is 1. The maximum absolute atomic E-state index is 12.6. The molecule has 1 aliphatic rings. The van der Waals surface area contributed by atoms with E-state index in [2.05, 4.69) is 4.98 Å². The zero-order valence-electron chi connectivity index (χ0n) is 13.0. The maximum atomic E-state index is 12.6. The average Bonchev–Trinajstić information content (AvgIpc) is 2.93. The monoisotopic (exact) mass is 385 g/mol. The molecule has 3 rings (SSSR count). The normalized spacial score (nSPS) is 16.3. The van der Waals surface area contributed by atoms with Gasteiger partial charge in [0.2, 0.25) is 10.0 Å². The topological polar surface area (TPSA) is 70.6 Å². The molecule has 0 atom stereocenters. The van der Waals surface area contributed by atoms with Gasteiger partial charge in [-0.1, -0.05) is 41.1 Å². The predicted octanol–water partition coefficient (Wildman–Crippen LogP) is 2.25. The van der Waals surface area contributed by atoms with Gasteiger partial charge >= 0.3 is 0 Å². The van der Waals surface area contributed by atoms with Crippen LogP contribution in [0.25, 0.3) is 0 Å². The Morgan fingerprint density at radius 3 is 2.33 bits per heavy atom. The highest BCUT2D eigenvalue weighted by atomic mass is 35.5. The number of rotatable bonds is 3. The van der Waals surface area contributed by atoms with Crippen LogP contribution in [0, 0.1) is 6.92 Å². The fraction of sp³-hybridized carbons (Fsp3) is 0.333. The van der Waals surface area contributed by atoms with Crippen LogP contribution in [0.1, 0.15) is 15.4 Å². The van der Waals surface area contributed by atoms with Crippen LogP contribution in [-0.4, -0.2) is 54.7 Å². The van der Waals surface area contributed by atoms with Gasteiger partial charge < -0.3 is 4.90 Å². The van der Waals surface area contributed by atoms with Crippen molar-refractivity contribution < 1.29 is 13.2 Å². The summed E-state index contributed by atoms with van der Waals surface area (Å²) in [6, 6.07) is 8.33. The highest BCUT2D eigenvalue weighted by molar-refractivity contribution is 7.89. The van der Waals surface area contributed by atoms with Crippen LogP contribution >= 0.6 is 22.9 Å². The zero-order valence-corrected chi connectivity index (χ0v) is 15.4. The third kappa shape index (κ3) is 3.32. The lowest BCUT2D eigenvalue weighted by molar-refractivity contribution is 0.0702. The van der Waals surface area contributed by atoms with Crippen molar-refractivity contribution in [2.24, 2.45) is 0 Å². The van der Waals surface area contributed by atoms with Gasteiger partial charge in [-0.25, -0.2) is 13.4 Å². The van der Waals surface area contributed by atoms with E-state index in [-0.39, 0.29) is 23.9 Å². The van der Waals surface area contributed by atoms with Crippen LogP contribution in [0.15, 0.2) is 35.2 Å². The molecule has 6 nitrogen and oxygen atoms in total. The molecule has 1 saturated heterocycles. The van der Waals surface area contributed by atoms with E-state index in [1.165, 1.54) is 4.31 Å². The number of nitrogens with zero attached hydrogens (tertiary/aromatic N) is 3. The van der Waals surface area contributed by atoms with E-state index >= 15 is 0 Å². The highest BCUT2D eigenvalue weighted by Crippen LogP contribution is 2.25. The second-order valence-corrected chi connectivity index (χ2v) is 8.91. The Morgan fingerprint density at radius 2 is 1.79 bits per heavy atom. The van der Waals surface area contributed by atoms with Crippen molar-refractivity contribution in [2.45, 2.75) is 11.8 Å². The van der Waals surface area contributed by atoms with Gasteiger partial charge in [-0.05, 0) is 19.1 Å². The molecule has 0 aliphatic carbocycles. The molecule has 1 aliphatic heterocycles. The van der Waals surface area contributed by atoms with Crippen LogP contribution in [-0.2, 0) is 10.0 Å². The molecular weight excluding hydrogens is 370 g/mol. The van der Waals surface area contributed by atoms with Crippen molar-refractivity contribution >= 4 is 38.9 Å². The minimum atomic E-state index is -3.52. The number of carbonyl (C=O) groups excluding carboxylic acids is 1. The number of piperazine rings is 1. The molecule has 0 radical (unpaired) electrons. The van der Waals surface area contributed by atoms with E-state index in [9.17, 15) is 13.2 Å². The molecule has 24 heavy (non-hydrogen) atoms. The number of amides is 1. The van der Waals surface area contributed by atoms with Crippen molar-refractivity contribution in [1.82, 2.24) is 14.2 Å². The van der Waals surface area contributed by atoms with Crippen molar-refractivity contribution in [2.75, 3.05) is 26.2 Å². The Kier molecular flexibility index (Phi) is 4.91. The van der Waals surface area contributed by atoms with Crippen LogP contribution in [0.5, 0.6) is 0 Å². The lowest BCUT2D eigenvalue weighted by Gasteiger charge is -2.33. The van der Waals surface area contributed by atoms with Crippen molar-refractivity contribution in [3.63, 3.8) is 0 Å². The smallest absolute Gasteiger partial charge is 0.265 e. The van der Waals surface area contributed by atoms with Crippen molar-refractivity contribution in [3.8, 4) is 0 Å². The Hall–Kier alpha value is -1.48. The highest BCUT2D eigenvalue weighted by Gasteiger charge is 2.31. The summed E-state index contributed by atoms with van der Waals surface area (Å²) < 4.78 is 26.9. The molecule has 1 fully saturated rings. The standard InChI is InChI=1S/C15H16ClN3O3S2/c1-11-13(23-15(16)17-11)14(20)18-7-9-19(10-8-18)24(21,22)12-5-3-2-4-6-12/h2-6H,7-10H2,1H3. The van der Waals surface area contributed by atoms with Crippen molar-refractivity contribution in [1.29, 1.82) is 0 Å². The number of benzene rings is 1. The van der Waals surface area contributed by atoms with Crippen LogP contribution in [0.2, 0.25) is 4.47 Å². The summed E-state index contributed by atoms with van der Waals surface area (Å²) in [5, 5.41) is 0. The second kappa shape index (κ2) is 6.79. The summed E-state index contributed by atoms with van der Waals surface area (Å²) in [7, 11) is -3.52. The van der Waals surface area contributed by atoms with Gasteiger partial charge in [0.15, 0.2) is 4.47 Å². The summed E-state index contributed by atoms with van der Waals surface area (Å²) >= 11 is 7.00. The molecule has 9 heteroatoms. The van der Waals surface area contributed by atoms with E-state index in [1.807, 2.05) is 0 Å². The second-order valence-electron chi connectivity index (χ2n) is 5.39. The van der Waals surface area contributed by atoms with E-state index in [0.29, 0.717) is 28.1 Å². The Bertz CT molecular complexity index is 844. The van der Waals surface area contributed by atoms with E-state index in [4.69, 9.17) is 11.6 Å². The van der Waals surface area contributed by atoms with Gasteiger partial charge in [0, 0.05) is 26.2 Å². The molecular formula is C15H16ClN3O3S2. The van der Waals surface area contributed by atoms with Gasteiger partial charge in [-0.2, -0.15) is 4.31 Å². The first-order valence-electron chi connectivity index (χ1n) is 7.37. The molecule has 1 aromatic carbocycles. The predicted molar refractivity (Wildman–Crippen MR) is 93.0 cm³/mol. The number of halogens is 1. The van der Waals surface area contributed by atoms with Crippen LogP contribution in [0.4, 0.5) is 0 Å². The SMILES string of the molecule is Cc1nc(Cl)sc1C(=O)N1CCN(S(=O)(=O)c2ccccc2)CC1. The molecule has 0 saturated carbocycles. The van der Waals surface area contributed by atoms with Crippen molar-refractivity contribution in [3.05, 3.63) is 45.4 Å². The molecule has 0 N–H and O–H groups in total. The number of hydrogen-bond acceptors (Lipinski definition) is 5. The minimum absolute atomic E-state index is 0.145. The lowest BCUT2D eigenvalue weighted by atomic mass is 10.3. The maximum Gasteiger partial charge on any atom is 0.265 e.